The Hall–Kier alpha value is -2.18. The Balaban J connectivity index is 1.61. The summed E-state index contributed by atoms with van der Waals surface area (Å²) in [6.07, 6.45) is 1.75. The number of furan rings is 1. The van der Waals surface area contributed by atoms with Gasteiger partial charge in [0.1, 0.15) is 5.76 Å². The molecule has 1 nitrogen and oxygen atoms in total. The summed E-state index contributed by atoms with van der Waals surface area (Å²) < 4.78 is 14.0. The van der Waals surface area contributed by atoms with Crippen molar-refractivity contribution in [2.75, 3.05) is 0 Å². The fourth-order valence-corrected chi connectivity index (χ4v) is 9.37. The number of hydrogen-bond donors (Lipinski definition) is 0. The number of hydrogen-bond acceptors (Lipinski definition) is 5. The van der Waals surface area contributed by atoms with Crippen LogP contribution in [0.4, 0.5) is 0 Å². The quantitative estimate of drug-likeness (QED) is 0.252. The fraction of sp³-hybridized carbons (Fsp3) is 0.0435. The van der Waals surface area contributed by atoms with E-state index in [-0.39, 0.29) is 0 Å². The highest BCUT2D eigenvalue weighted by molar-refractivity contribution is 7.36. The molecular weight excluding hydrogens is 421 g/mol. The number of thiophene rings is 4. The monoisotopic (exact) mass is 432 g/mol. The van der Waals surface area contributed by atoms with Crippen LogP contribution in [0.2, 0.25) is 0 Å². The van der Waals surface area contributed by atoms with E-state index in [1.807, 2.05) is 57.5 Å². The maximum atomic E-state index is 5.61. The van der Waals surface area contributed by atoms with Crippen molar-refractivity contribution in [3.8, 4) is 10.6 Å². The molecule has 0 aliphatic rings. The van der Waals surface area contributed by atoms with Crippen molar-refractivity contribution in [1.29, 1.82) is 0 Å². The minimum absolute atomic E-state index is 0.957. The first kappa shape index (κ1) is 15.7. The van der Waals surface area contributed by atoms with Gasteiger partial charge in [-0.25, -0.2) is 0 Å². The molecule has 0 saturated carbocycles. The van der Waals surface area contributed by atoms with Gasteiger partial charge in [-0.1, -0.05) is 24.3 Å². The lowest BCUT2D eigenvalue weighted by atomic mass is 10.1. The SMILES string of the molecule is Cc1cc2sc3c(ccc4ccc5c6sc(-c7ccco7)cc6sc5c43)c2s1. The van der Waals surface area contributed by atoms with Crippen LogP contribution in [0, 0.1) is 6.92 Å². The molecule has 7 aromatic rings. The largest absolute Gasteiger partial charge is 0.464 e. The molecule has 7 rings (SSSR count). The van der Waals surface area contributed by atoms with Crippen LogP contribution in [0.3, 0.4) is 0 Å². The molecule has 0 N–H and O–H groups in total. The molecule has 5 aromatic heterocycles. The Kier molecular flexibility index (Phi) is 3.06. The average molecular weight is 433 g/mol. The lowest BCUT2D eigenvalue weighted by molar-refractivity contribution is 0.584. The molecule has 0 saturated heterocycles. The lowest BCUT2D eigenvalue weighted by Crippen LogP contribution is -1.74. The fourth-order valence-electron chi connectivity index (χ4n) is 4.08. The number of benzene rings is 2. The topological polar surface area (TPSA) is 13.1 Å². The van der Waals surface area contributed by atoms with Gasteiger partial charge in [-0.3, -0.25) is 0 Å². The van der Waals surface area contributed by atoms with Crippen LogP contribution in [-0.2, 0) is 0 Å². The van der Waals surface area contributed by atoms with E-state index in [2.05, 4.69) is 43.3 Å². The molecule has 0 unspecified atom stereocenters. The molecule has 28 heavy (non-hydrogen) atoms. The molecule has 0 amide bonds. The predicted octanol–water partition coefficient (Wildman–Crippen LogP) is 9.27. The van der Waals surface area contributed by atoms with E-state index in [4.69, 9.17) is 4.42 Å². The highest BCUT2D eigenvalue weighted by atomic mass is 32.1. The zero-order chi connectivity index (χ0) is 18.4. The van der Waals surface area contributed by atoms with E-state index in [0.717, 1.165) is 5.76 Å². The van der Waals surface area contributed by atoms with Gasteiger partial charge >= 0.3 is 0 Å². The molecule has 134 valence electrons. The molecule has 0 aliphatic heterocycles. The van der Waals surface area contributed by atoms with E-state index in [9.17, 15) is 0 Å². The van der Waals surface area contributed by atoms with Crippen LogP contribution in [0.5, 0.6) is 0 Å². The van der Waals surface area contributed by atoms with E-state index in [1.54, 1.807) is 6.26 Å². The summed E-state index contributed by atoms with van der Waals surface area (Å²) in [5.74, 6) is 0.957. The minimum Gasteiger partial charge on any atom is -0.464 e. The van der Waals surface area contributed by atoms with Gasteiger partial charge in [-0.15, -0.1) is 45.3 Å². The van der Waals surface area contributed by atoms with Crippen molar-refractivity contribution in [3.63, 3.8) is 0 Å². The zero-order valence-corrected chi connectivity index (χ0v) is 18.0. The highest BCUT2D eigenvalue weighted by Crippen LogP contribution is 2.49. The van der Waals surface area contributed by atoms with Gasteiger partial charge in [-0.2, -0.15) is 0 Å². The third-order valence-corrected chi connectivity index (χ3v) is 10.2. The van der Waals surface area contributed by atoms with E-state index >= 15 is 0 Å². The number of rotatable bonds is 1. The van der Waals surface area contributed by atoms with Crippen LogP contribution in [0.25, 0.3) is 60.4 Å². The smallest absolute Gasteiger partial charge is 0.143 e. The second kappa shape index (κ2) is 5.45. The molecule has 0 radical (unpaired) electrons. The maximum Gasteiger partial charge on any atom is 0.143 e. The Morgan fingerprint density at radius 2 is 1.43 bits per heavy atom. The number of fused-ring (bicyclic) bond motifs is 9. The second-order valence-electron chi connectivity index (χ2n) is 7.02. The average Bonchev–Trinajstić information content (AvgIpc) is 3.46. The van der Waals surface area contributed by atoms with Crippen LogP contribution in [-0.4, -0.2) is 0 Å². The Morgan fingerprint density at radius 3 is 2.14 bits per heavy atom. The molecule has 0 bridgehead atoms. The highest BCUT2D eigenvalue weighted by Gasteiger charge is 2.17. The third kappa shape index (κ3) is 2.00. The Labute approximate surface area is 176 Å². The molecule has 0 spiro atoms. The standard InChI is InChI=1S/C23H12OS4/c1-11-9-17-20(25-11)13-6-4-12-5-7-14-21-18(28-23(14)19(12)22(13)27-17)10-16(26-21)15-3-2-8-24-15/h2-10H,1H3. The summed E-state index contributed by atoms with van der Waals surface area (Å²) >= 11 is 7.62. The first-order chi connectivity index (χ1) is 13.8. The van der Waals surface area contributed by atoms with Crippen molar-refractivity contribution in [2.24, 2.45) is 0 Å². The van der Waals surface area contributed by atoms with Crippen LogP contribution >= 0.6 is 45.3 Å². The number of aryl methyl sites for hydroxylation is 1. The van der Waals surface area contributed by atoms with Crippen molar-refractivity contribution >= 4 is 95.1 Å². The van der Waals surface area contributed by atoms with Crippen LogP contribution in [0.1, 0.15) is 4.88 Å². The molecule has 2 aromatic carbocycles. The van der Waals surface area contributed by atoms with Crippen LogP contribution < -0.4 is 0 Å². The van der Waals surface area contributed by atoms with E-state index in [1.165, 1.54) is 59.5 Å². The first-order valence-corrected chi connectivity index (χ1v) is 12.3. The summed E-state index contributed by atoms with van der Waals surface area (Å²) in [5, 5.41) is 5.54. The molecule has 5 heterocycles. The first-order valence-electron chi connectivity index (χ1n) is 9.00. The molecular formula is C23H12OS4. The van der Waals surface area contributed by atoms with Gasteiger partial charge in [0.2, 0.25) is 0 Å². The van der Waals surface area contributed by atoms with Gasteiger partial charge in [-0.05, 0) is 36.6 Å². The summed E-state index contributed by atoms with van der Waals surface area (Å²) in [6, 6.07) is 17.8. The van der Waals surface area contributed by atoms with Gasteiger partial charge in [0, 0.05) is 39.8 Å². The molecule has 0 atom stereocenters. The van der Waals surface area contributed by atoms with Crippen molar-refractivity contribution < 1.29 is 4.42 Å². The predicted molar refractivity (Wildman–Crippen MR) is 128 cm³/mol. The second-order valence-corrected chi connectivity index (χ2v) is 11.4. The maximum absolute atomic E-state index is 5.61. The summed E-state index contributed by atoms with van der Waals surface area (Å²) in [7, 11) is 0. The van der Waals surface area contributed by atoms with E-state index in [0.29, 0.717) is 0 Å². The third-order valence-electron chi connectivity index (χ3n) is 5.29. The Morgan fingerprint density at radius 1 is 0.714 bits per heavy atom. The molecule has 0 aliphatic carbocycles. The van der Waals surface area contributed by atoms with Gasteiger partial charge in [0.25, 0.3) is 0 Å². The van der Waals surface area contributed by atoms with Gasteiger partial charge in [0.05, 0.1) is 20.5 Å². The molecule has 5 heteroatoms. The summed E-state index contributed by atoms with van der Waals surface area (Å²) in [4.78, 5) is 2.60. The summed E-state index contributed by atoms with van der Waals surface area (Å²) in [6.45, 7) is 2.20. The van der Waals surface area contributed by atoms with E-state index < -0.39 is 0 Å². The van der Waals surface area contributed by atoms with Crippen molar-refractivity contribution in [2.45, 2.75) is 6.92 Å². The lowest BCUT2D eigenvalue weighted by Gasteiger charge is -2.02. The molecule has 0 fully saturated rings. The van der Waals surface area contributed by atoms with Gasteiger partial charge < -0.3 is 4.42 Å². The normalized spacial score (nSPS) is 12.5. The van der Waals surface area contributed by atoms with Crippen molar-refractivity contribution in [3.05, 3.63) is 59.7 Å². The van der Waals surface area contributed by atoms with Crippen LogP contribution in [0.15, 0.2) is 59.2 Å². The zero-order valence-electron chi connectivity index (χ0n) is 14.7. The van der Waals surface area contributed by atoms with Gasteiger partial charge in [0.15, 0.2) is 0 Å². The minimum atomic E-state index is 0.957. The van der Waals surface area contributed by atoms with Crippen molar-refractivity contribution in [1.82, 2.24) is 0 Å². The summed E-state index contributed by atoms with van der Waals surface area (Å²) in [5.41, 5.74) is 0. The Bertz CT molecular complexity index is 1670.